The Balaban J connectivity index is 1.90. The van der Waals surface area contributed by atoms with Crippen LogP contribution in [-0.4, -0.2) is 11.8 Å². The van der Waals surface area contributed by atoms with Crippen LogP contribution in [0.3, 0.4) is 0 Å². The first-order valence-electron chi connectivity index (χ1n) is 6.86. The molecule has 0 atom stereocenters. The number of carbonyl (C=O) groups is 2. The zero-order valence-corrected chi connectivity index (χ0v) is 13.0. The highest BCUT2D eigenvalue weighted by atomic mass is 32.1. The first-order valence-corrected chi connectivity index (χ1v) is 7.68. The number of thiophene rings is 1. The van der Waals surface area contributed by atoms with Crippen molar-refractivity contribution >= 4 is 38.9 Å². The molecule has 0 aliphatic carbocycles. The summed E-state index contributed by atoms with van der Waals surface area (Å²) in [5.74, 6) is -1.17. The van der Waals surface area contributed by atoms with Crippen LogP contribution < -0.4 is 11.1 Å². The average molecular weight is 328 g/mol. The van der Waals surface area contributed by atoms with Crippen LogP contribution in [0.4, 0.5) is 10.1 Å². The molecule has 2 aromatic carbocycles. The quantitative estimate of drug-likeness (QED) is 0.769. The first-order chi connectivity index (χ1) is 11.0. The lowest BCUT2D eigenvalue weighted by Crippen LogP contribution is -2.13. The van der Waals surface area contributed by atoms with Gasteiger partial charge in [0.05, 0.1) is 4.88 Å². The van der Waals surface area contributed by atoms with Gasteiger partial charge >= 0.3 is 0 Å². The SMILES string of the molecule is Cc1c(C(=O)Nc2ccc(C(N)=O)cc2)sc2cccc(F)c12. The minimum absolute atomic E-state index is 0.310. The van der Waals surface area contributed by atoms with E-state index < -0.39 is 5.91 Å². The number of primary amides is 1. The third-order valence-corrected chi connectivity index (χ3v) is 4.79. The van der Waals surface area contributed by atoms with Gasteiger partial charge in [-0.25, -0.2) is 4.39 Å². The first kappa shape index (κ1) is 15.2. The maximum absolute atomic E-state index is 13.9. The Morgan fingerprint density at radius 1 is 1.13 bits per heavy atom. The minimum Gasteiger partial charge on any atom is -0.366 e. The summed E-state index contributed by atoms with van der Waals surface area (Å²) >= 11 is 1.25. The number of halogens is 1. The molecule has 0 radical (unpaired) electrons. The van der Waals surface area contributed by atoms with Gasteiger partial charge in [-0.1, -0.05) is 6.07 Å². The molecule has 2 amide bonds. The molecular formula is C17H13FN2O2S. The zero-order valence-electron chi connectivity index (χ0n) is 12.2. The fraction of sp³-hybridized carbons (Fsp3) is 0.0588. The van der Waals surface area contributed by atoms with E-state index in [4.69, 9.17) is 5.73 Å². The fourth-order valence-corrected chi connectivity index (χ4v) is 3.49. The average Bonchev–Trinajstić information content (AvgIpc) is 2.86. The Labute approximate surface area is 135 Å². The molecular weight excluding hydrogens is 315 g/mol. The second kappa shape index (κ2) is 5.81. The second-order valence-electron chi connectivity index (χ2n) is 5.06. The molecule has 1 heterocycles. The van der Waals surface area contributed by atoms with E-state index in [2.05, 4.69) is 5.32 Å². The summed E-state index contributed by atoms with van der Waals surface area (Å²) in [7, 11) is 0. The van der Waals surface area contributed by atoms with Gasteiger partial charge in [0.1, 0.15) is 5.82 Å². The van der Waals surface area contributed by atoms with Crippen molar-refractivity contribution in [3.8, 4) is 0 Å². The van der Waals surface area contributed by atoms with Crippen LogP contribution in [0.2, 0.25) is 0 Å². The predicted molar refractivity (Wildman–Crippen MR) is 89.4 cm³/mol. The lowest BCUT2D eigenvalue weighted by Gasteiger charge is -2.05. The van der Waals surface area contributed by atoms with E-state index in [1.165, 1.54) is 29.5 Å². The highest BCUT2D eigenvalue weighted by Gasteiger charge is 2.17. The number of nitrogens with one attached hydrogen (secondary N) is 1. The Morgan fingerprint density at radius 2 is 1.83 bits per heavy atom. The van der Waals surface area contributed by atoms with E-state index in [0.29, 0.717) is 27.1 Å². The fourth-order valence-electron chi connectivity index (χ4n) is 2.38. The highest BCUT2D eigenvalue weighted by molar-refractivity contribution is 7.21. The van der Waals surface area contributed by atoms with Gasteiger partial charge < -0.3 is 11.1 Å². The molecule has 0 bridgehead atoms. The van der Waals surface area contributed by atoms with Crippen molar-refractivity contribution < 1.29 is 14.0 Å². The van der Waals surface area contributed by atoms with Crippen molar-refractivity contribution in [2.45, 2.75) is 6.92 Å². The molecule has 3 rings (SSSR count). The largest absolute Gasteiger partial charge is 0.366 e. The number of rotatable bonds is 3. The molecule has 4 nitrogen and oxygen atoms in total. The second-order valence-corrected chi connectivity index (χ2v) is 6.12. The standard InChI is InChI=1S/C17H13FN2O2S/c1-9-14-12(18)3-2-4-13(14)23-15(9)17(22)20-11-7-5-10(6-8-11)16(19)21/h2-8H,1H3,(H2,19,21)(H,20,22). The highest BCUT2D eigenvalue weighted by Crippen LogP contribution is 2.33. The summed E-state index contributed by atoms with van der Waals surface area (Å²) in [6.07, 6.45) is 0. The number of fused-ring (bicyclic) bond motifs is 1. The van der Waals surface area contributed by atoms with Gasteiger partial charge in [-0.15, -0.1) is 11.3 Å². The molecule has 0 saturated heterocycles. The van der Waals surface area contributed by atoms with E-state index in [9.17, 15) is 14.0 Å². The molecule has 0 aliphatic rings. The molecule has 0 aliphatic heterocycles. The number of amides is 2. The molecule has 0 fully saturated rings. The van der Waals surface area contributed by atoms with Crippen molar-refractivity contribution in [3.05, 3.63) is 64.3 Å². The summed E-state index contributed by atoms with van der Waals surface area (Å²) < 4.78 is 14.6. The molecule has 6 heteroatoms. The van der Waals surface area contributed by atoms with Crippen LogP contribution in [0.1, 0.15) is 25.6 Å². The van der Waals surface area contributed by atoms with Crippen molar-refractivity contribution in [1.29, 1.82) is 0 Å². The van der Waals surface area contributed by atoms with E-state index in [-0.39, 0.29) is 11.7 Å². The van der Waals surface area contributed by atoms with Crippen LogP contribution in [0.5, 0.6) is 0 Å². The maximum atomic E-state index is 13.9. The van der Waals surface area contributed by atoms with Crippen molar-refractivity contribution in [3.63, 3.8) is 0 Å². The number of anilines is 1. The van der Waals surface area contributed by atoms with Crippen LogP contribution in [0.15, 0.2) is 42.5 Å². The summed E-state index contributed by atoms with van der Waals surface area (Å²) in [5.41, 5.74) is 6.70. The van der Waals surface area contributed by atoms with Crippen molar-refractivity contribution in [2.75, 3.05) is 5.32 Å². The summed E-state index contributed by atoms with van der Waals surface area (Å²) in [4.78, 5) is 23.9. The van der Waals surface area contributed by atoms with Gasteiger partial charge in [0.15, 0.2) is 0 Å². The molecule has 0 saturated carbocycles. The number of carbonyl (C=O) groups excluding carboxylic acids is 2. The van der Waals surface area contributed by atoms with Crippen molar-refractivity contribution in [2.24, 2.45) is 5.73 Å². The third kappa shape index (κ3) is 2.80. The lowest BCUT2D eigenvalue weighted by atomic mass is 10.1. The van der Waals surface area contributed by atoms with Gasteiger partial charge in [0, 0.05) is 21.3 Å². The van der Waals surface area contributed by atoms with Crippen LogP contribution >= 0.6 is 11.3 Å². The number of benzene rings is 2. The van der Waals surface area contributed by atoms with E-state index in [1.54, 1.807) is 31.2 Å². The maximum Gasteiger partial charge on any atom is 0.266 e. The lowest BCUT2D eigenvalue weighted by molar-refractivity contribution is 0.0998. The summed E-state index contributed by atoms with van der Waals surface area (Å²) in [6.45, 7) is 1.73. The van der Waals surface area contributed by atoms with E-state index in [0.717, 1.165) is 4.70 Å². The number of hydrogen-bond donors (Lipinski definition) is 2. The molecule has 3 N–H and O–H groups in total. The molecule has 0 unspecified atom stereocenters. The van der Waals surface area contributed by atoms with Gasteiger partial charge in [0.25, 0.3) is 5.91 Å². The van der Waals surface area contributed by atoms with E-state index in [1.807, 2.05) is 0 Å². The van der Waals surface area contributed by atoms with Gasteiger partial charge in [0.2, 0.25) is 5.91 Å². The molecule has 116 valence electrons. The Bertz CT molecular complexity index is 916. The van der Waals surface area contributed by atoms with Crippen LogP contribution in [0.25, 0.3) is 10.1 Å². The Hall–Kier alpha value is -2.73. The molecule has 23 heavy (non-hydrogen) atoms. The zero-order chi connectivity index (χ0) is 16.6. The van der Waals surface area contributed by atoms with E-state index >= 15 is 0 Å². The summed E-state index contributed by atoms with van der Waals surface area (Å²) in [6, 6.07) is 11.1. The molecule has 1 aromatic heterocycles. The van der Waals surface area contributed by atoms with Crippen LogP contribution in [0, 0.1) is 12.7 Å². The number of nitrogens with two attached hydrogens (primary N) is 1. The smallest absolute Gasteiger partial charge is 0.266 e. The van der Waals surface area contributed by atoms with Crippen molar-refractivity contribution in [1.82, 2.24) is 0 Å². The Morgan fingerprint density at radius 3 is 2.43 bits per heavy atom. The minimum atomic E-state index is -0.529. The monoisotopic (exact) mass is 328 g/mol. The number of hydrogen-bond acceptors (Lipinski definition) is 3. The van der Waals surface area contributed by atoms with Gasteiger partial charge in [-0.3, -0.25) is 9.59 Å². The number of aryl methyl sites for hydroxylation is 1. The molecule has 0 spiro atoms. The predicted octanol–water partition coefficient (Wildman–Crippen LogP) is 3.70. The van der Waals surface area contributed by atoms with Gasteiger partial charge in [-0.05, 0) is 48.9 Å². The summed E-state index contributed by atoms with van der Waals surface area (Å²) in [5, 5.41) is 3.22. The normalized spacial score (nSPS) is 10.7. The van der Waals surface area contributed by atoms with Crippen LogP contribution in [-0.2, 0) is 0 Å². The van der Waals surface area contributed by atoms with Gasteiger partial charge in [-0.2, -0.15) is 0 Å². The topological polar surface area (TPSA) is 72.2 Å². The third-order valence-electron chi connectivity index (χ3n) is 3.54. The Kier molecular flexibility index (Phi) is 3.83. The molecule has 3 aromatic rings.